The first-order valence-electron chi connectivity index (χ1n) is 6.89. The molecule has 1 fully saturated rings. The second kappa shape index (κ2) is 6.37. The van der Waals surface area contributed by atoms with Gasteiger partial charge in [0.1, 0.15) is 0 Å². The molecule has 1 aromatic carbocycles. The van der Waals surface area contributed by atoms with Crippen molar-refractivity contribution >= 4 is 24.0 Å². The molecular formula is C17H18ClNO2. The molecule has 1 heterocycles. The first kappa shape index (κ1) is 15.7. The molecule has 0 saturated carbocycles. The van der Waals surface area contributed by atoms with Crippen molar-refractivity contribution in [2.45, 2.75) is 12.3 Å². The minimum absolute atomic E-state index is 0. The van der Waals surface area contributed by atoms with E-state index in [1.165, 1.54) is 11.6 Å². The van der Waals surface area contributed by atoms with E-state index in [1.807, 2.05) is 18.2 Å². The molecule has 1 saturated heterocycles. The quantitative estimate of drug-likeness (QED) is 0.591. The van der Waals surface area contributed by atoms with E-state index in [-0.39, 0.29) is 24.1 Å². The van der Waals surface area contributed by atoms with Gasteiger partial charge in [-0.1, -0.05) is 30.3 Å². The van der Waals surface area contributed by atoms with Crippen molar-refractivity contribution < 1.29 is 9.59 Å². The van der Waals surface area contributed by atoms with Crippen LogP contribution in [0.2, 0.25) is 0 Å². The molecule has 1 atom stereocenters. The van der Waals surface area contributed by atoms with Crippen LogP contribution in [0.15, 0.2) is 53.6 Å². The second-order valence-corrected chi connectivity index (χ2v) is 5.47. The summed E-state index contributed by atoms with van der Waals surface area (Å²) >= 11 is 0. The molecule has 1 aliphatic carbocycles. The normalized spacial score (nSPS) is 22.6. The summed E-state index contributed by atoms with van der Waals surface area (Å²) in [5, 5.41) is 0. The highest BCUT2D eigenvalue weighted by Crippen LogP contribution is 2.36. The summed E-state index contributed by atoms with van der Waals surface area (Å²) in [7, 11) is 2.08. The third-order valence-corrected chi connectivity index (χ3v) is 4.04. The number of benzene rings is 1. The number of likely N-dealkylation sites (tertiary alicyclic amines) is 1. The fourth-order valence-electron chi connectivity index (χ4n) is 2.94. The molecular weight excluding hydrogens is 286 g/mol. The SMILES string of the molecule is CN1CCC2=CC(=O)C(=O)C=C2C(c2ccccc2)C1.Cl. The number of carbonyl (C=O) groups is 2. The zero-order chi connectivity index (χ0) is 14.1. The second-order valence-electron chi connectivity index (χ2n) is 5.47. The standard InChI is InChI=1S/C17H17NO2.ClH/c1-18-8-7-13-9-16(19)17(20)10-14(13)15(11-18)12-5-3-2-4-6-12;/h2-6,9-10,15H,7-8,11H2,1H3;1H. The molecule has 3 rings (SSSR count). The Kier molecular flexibility index (Phi) is 4.76. The van der Waals surface area contributed by atoms with Gasteiger partial charge in [0.15, 0.2) is 0 Å². The van der Waals surface area contributed by atoms with Gasteiger partial charge in [0.2, 0.25) is 11.6 Å². The van der Waals surface area contributed by atoms with E-state index < -0.39 is 5.78 Å². The molecule has 110 valence electrons. The minimum Gasteiger partial charge on any atom is -0.305 e. The number of fused-ring (bicyclic) bond motifs is 1. The lowest BCUT2D eigenvalue weighted by Gasteiger charge is -2.23. The highest BCUT2D eigenvalue weighted by molar-refractivity contribution is 6.46. The summed E-state index contributed by atoms with van der Waals surface area (Å²) in [5.41, 5.74) is 3.23. The molecule has 0 N–H and O–H groups in total. The average Bonchev–Trinajstić information content (AvgIpc) is 2.61. The van der Waals surface area contributed by atoms with Crippen molar-refractivity contribution in [3.05, 3.63) is 59.2 Å². The Morgan fingerprint density at radius 2 is 1.71 bits per heavy atom. The van der Waals surface area contributed by atoms with Crippen LogP contribution in [0.1, 0.15) is 17.9 Å². The number of halogens is 1. The fraction of sp³-hybridized carbons (Fsp3) is 0.294. The van der Waals surface area contributed by atoms with Crippen molar-refractivity contribution in [3.63, 3.8) is 0 Å². The van der Waals surface area contributed by atoms with Crippen molar-refractivity contribution in [2.24, 2.45) is 0 Å². The van der Waals surface area contributed by atoms with E-state index in [0.29, 0.717) is 0 Å². The van der Waals surface area contributed by atoms with E-state index in [2.05, 4.69) is 24.1 Å². The fourth-order valence-corrected chi connectivity index (χ4v) is 2.94. The molecule has 0 aromatic heterocycles. The number of hydrogen-bond acceptors (Lipinski definition) is 3. The number of nitrogens with zero attached hydrogens (tertiary/aromatic N) is 1. The van der Waals surface area contributed by atoms with E-state index in [4.69, 9.17) is 0 Å². The number of hydrogen-bond donors (Lipinski definition) is 0. The van der Waals surface area contributed by atoms with E-state index in [0.717, 1.165) is 30.7 Å². The van der Waals surface area contributed by atoms with Gasteiger partial charge in [-0.2, -0.15) is 0 Å². The van der Waals surface area contributed by atoms with Gasteiger partial charge in [-0.25, -0.2) is 0 Å². The minimum atomic E-state index is -0.394. The first-order chi connectivity index (χ1) is 9.65. The van der Waals surface area contributed by atoms with Crippen LogP contribution in [0.25, 0.3) is 0 Å². The smallest absolute Gasteiger partial charge is 0.226 e. The molecule has 4 heteroatoms. The van der Waals surface area contributed by atoms with E-state index in [1.54, 1.807) is 6.08 Å². The van der Waals surface area contributed by atoms with Gasteiger partial charge in [0.05, 0.1) is 0 Å². The molecule has 0 radical (unpaired) electrons. The lowest BCUT2D eigenvalue weighted by molar-refractivity contribution is -0.131. The Bertz CT molecular complexity index is 619. The molecule has 0 amide bonds. The van der Waals surface area contributed by atoms with Gasteiger partial charge in [-0.3, -0.25) is 9.59 Å². The molecule has 21 heavy (non-hydrogen) atoms. The van der Waals surface area contributed by atoms with Gasteiger partial charge < -0.3 is 4.90 Å². The van der Waals surface area contributed by atoms with Crippen LogP contribution in [0.4, 0.5) is 0 Å². The lowest BCUT2D eigenvalue weighted by Crippen LogP contribution is -2.24. The summed E-state index contributed by atoms with van der Waals surface area (Å²) < 4.78 is 0. The average molecular weight is 304 g/mol. The number of ketones is 2. The topological polar surface area (TPSA) is 37.4 Å². The highest BCUT2D eigenvalue weighted by Gasteiger charge is 2.29. The lowest BCUT2D eigenvalue weighted by atomic mass is 9.82. The predicted molar refractivity (Wildman–Crippen MR) is 84.7 cm³/mol. The molecule has 1 aromatic rings. The zero-order valence-electron chi connectivity index (χ0n) is 11.9. The summed E-state index contributed by atoms with van der Waals surface area (Å²) in [5.74, 6) is -0.624. The maximum absolute atomic E-state index is 11.7. The Morgan fingerprint density at radius 3 is 2.43 bits per heavy atom. The molecule has 1 unspecified atom stereocenters. The Labute approximate surface area is 130 Å². The number of allylic oxidation sites excluding steroid dienone is 2. The van der Waals surface area contributed by atoms with Crippen LogP contribution < -0.4 is 0 Å². The van der Waals surface area contributed by atoms with Crippen molar-refractivity contribution in [1.82, 2.24) is 4.90 Å². The van der Waals surface area contributed by atoms with Gasteiger partial charge in [0, 0.05) is 19.0 Å². The van der Waals surface area contributed by atoms with Crippen LogP contribution in [-0.2, 0) is 9.59 Å². The molecule has 2 aliphatic rings. The third-order valence-electron chi connectivity index (χ3n) is 4.04. The zero-order valence-corrected chi connectivity index (χ0v) is 12.7. The monoisotopic (exact) mass is 303 g/mol. The summed E-state index contributed by atoms with van der Waals surface area (Å²) in [6.45, 7) is 1.78. The maximum atomic E-state index is 11.7. The largest absolute Gasteiger partial charge is 0.305 e. The Hall–Kier alpha value is -1.71. The highest BCUT2D eigenvalue weighted by atomic mass is 35.5. The molecule has 1 aliphatic heterocycles. The van der Waals surface area contributed by atoms with Crippen LogP contribution in [0, 0.1) is 0 Å². The maximum Gasteiger partial charge on any atom is 0.226 e. The number of likely N-dealkylation sites (N-methyl/N-ethyl adjacent to an activating group) is 1. The van der Waals surface area contributed by atoms with Crippen molar-refractivity contribution in [3.8, 4) is 0 Å². The van der Waals surface area contributed by atoms with Gasteiger partial charge >= 0.3 is 0 Å². The van der Waals surface area contributed by atoms with Crippen LogP contribution >= 0.6 is 12.4 Å². The first-order valence-corrected chi connectivity index (χ1v) is 6.89. The Balaban J connectivity index is 0.00000161. The van der Waals surface area contributed by atoms with E-state index in [9.17, 15) is 9.59 Å². The van der Waals surface area contributed by atoms with Crippen molar-refractivity contribution in [2.75, 3.05) is 20.1 Å². The Morgan fingerprint density at radius 1 is 1.05 bits per heavy atom. The molecule has 0 bridgehead atoms. The van der Waals surface area contributed by atoms with Gasteiger partial charge in [0.25, 0.3) is 0 Å². The summed E-state index contributed by atoms with van der Waals surface area (Å²) in [6, 6.07) is 10.2. The molecule has 3 nitrogen and oxygen atoms in total. The van der Waals surface area contributed by atoms with Crippen LogP contribution in [-0.4, -0.2) is 36.6 Å². The van der Waals surface area contributed by atoms with Crippen LogP contribution in [0.5, 0.6) is 0 Å². The third kappa shape index (κ3) is 3.14. The van der Waals surface area contributed by atoms with E-state index >= 15 is 0 Å². The number of carbonyl (C=O) groups excluding carboxylic acids is 2. The van der Waals surface area contributed by atoms with Crippen molar-refractivity contribution in [1.29, 1.82) is 0 Å². The van der Waals surface area contributed by atoms with Crippen LogP contribution in [0.3, 0.4) is 0 Å². The number of rotatable bonds is 1. The van der Waals surface area contributed by atoms with Gasteiger partial charge in [-0.05, 0) is 42.3 Å². The predicted octanol–water partition coefficient (Wildman–Crippen LogP) is 2.53. The summed E-state index contributed by atoms with van der Waals surface area (Å²) in [6.07, 6.45) is 3.91. The molecule has 0 spiro atoms. The van der Waals surface area contributed by atoms with Gasteiger partial charge in [-0.15, -0.1) is 12.4 Å². The summed E-state index contributed by atoms with van der Waals surface area (Å²) in [4.78, 5) is 25.6.